The number of thioether (sulfide) groups is 1. The SMILES string of the molecule is CCOc1ccc(NC(=O)CS[C@@H](C)C(C)=O)cc1. The summed E-state index contributed by atoms with van der Waals surface area (Å²) in [5, 5.41) is 2.63. The number of hydrogen-bond acceptors (Lipinski definition) is 4. The van der Waals surface area contributed by atoms with Crippen LogP contribution < -0.4 is 10.1 Å². The minimum absolute atomic E-state index is 0.0823. The van der Waals surface area contributed by atoms with Crippen LogP contribution in [0.25, 0.3) is 0 Å². The number of ether oxygens (including phenoxy) is 1. The van der Waals surface area contributed by atoms with E-state index >= 15 is 0 Å². The molecule has 0 radical (unpaired) electrons. The van der Waals surface area contributed by atoms with E-state index in [1.165, 1.54) is 18.7 Å². The average molecular weight is 281 g/mol. The standard InChI is InChI=1S/C14H19NO3S/c1-4-18-13-7-5-12(6-8-13)15-14(17)9-19-11(3)10(2)16/h5-8,11H,4,9H2,1-3H3,(H,15,17)/t11-/m0/s1. The van der Waals surface area contributed by atoms with Gasteiger partial charge in [0.2, 0.25) is 5.91 Å². The number of carbonyl (C=O) groups excluding carboxylic acids is 2. The van der Waals surface area contributed by atoms with E-state index in [0.717, 1.165) is 11.4 Å². The largest absolute Gasteiger partial charge is 0.494 e. The zero-order valence-electron chi connectivity index (χ0n) is 11.4. The van der Waals surface area contributed by atoms with Gasteiger partial charge in [0.1, 0.15) is 11.5 Å². The lowest BCUT2D eigenvalue weighted by molar-refractivity contribution is -0.116. The van der Waals surface area contributed by atoms with Crippen molar-refractivity contribution in [2.45, 2.75) is 26.0 Å². The van der Waals surface area contributed by atoms with Crippen molar-refractivity contribution in [3.8, 4) is 5.75 Å². The van der Waals surface area contributed by atoms with Crippen LogP contribution in [-0.4, -0.2) is 29.3 Å². The monoisotopic (exact) mass is 281 g/mol. The number of rotatable bonds is 7. The Morgan fingerprint density at radius 2 is 1.95 bits per heavy atom. The van der Waals surface area contributed by atoms with Gasteiger partial charge >= 0.3 is 0 Å². The number of benzene rings is 1. The van der Waals surface area contributed by atoms with E-state index in [1.807, 2.05) is 19.1 Å². The van der Waals surface area contributed by atoms with Gasteiger partial charge in [0.15, 0.2) is 0 Å². The average Bonchev–Trinajstić information content (AvgIpc) is 2.38. The molecule has 0 saturated carbocycles. The van der Waals surface area contributed by atoms with Crippen molar-refractivity contribution in [3.63, 3.8) is 0 Å². The lowest BCUT2D eigenvalue weighted by Crippen LogP contribution is -2.18. The van der Waals surface area contributed by atoms with Crippen LogP contribution in [-0.2, 0) is 9.59 Å². The van der Waals surface area contributed by atoms with Crippen molar-refractivity contribution in [3.05, 3.63) is 24.3 Å². The number of nitrogens with one attached hydrogen (secondary N) is 1. The van der Waals surface area contributed by atoms with Gasteiger partial charge in [-0.3, -0.25) is 9.59 Å². The van der Waals surface area contributed by atoms with Crippen LogP contribution >= 0.6 is 11.8 Å². The van der Waals surface area contributed by atoms with Gasteiger partial charge in [-0.25, -0.2) is 0 Å². The van der Waals surface area contributed by atoms with Gasteiger partial charge in [-0.2, -0.15) is 0 Å². The molecule has 1 amide bonds. The third kappa shape index (κ3) is 5.79. The van der Waals surface area contributed by atoms with Gasteiger partial charge in [0.25, 0.3) is 0 Å². The third-order valence-electron chi connectivity index (χ3n) is 2.49. The molecule has 5 heteroatoms. The van der Waals surface area contributed by atoms with Crippen molar-refractivity contribution in [1.82, 2.24) is 0 Å². The molecule has 19 heavy (non-hydrogen) atoms. The molecule has 1 N–H and O–H groups in total. The van der Waals surface area contributed by atoms with Gasteiger partial charge < -0.3 is 10.1 Å². The Bertz CT molecular complexity index is 431. The Morgan fingerprint density at radius 1 is 1.32 bits per heavy atom. The fourth-order valence-electron chi connectivity index (χ4n) is 1.32. The molecule has 0 aliphatic rings. The maximum absolute atomic E-state index is 11.7. The summed E-state index contributed by atoms with van der Waals surface area (Å²) >= 11 is 1.34. The zero-order valence-corrected chi connectivity index (χ0v) is 12.3. The van der Waals surface area contributed by atoms with Crippen molar-refractivity contribution in [1.29, 1.82) is 0 Å². The molecular weight excluding hydrogens is 262 g/mol. The summed E-state index contributed by atoms with van der Waals surface area (Å²) in [5.74, 6) is 1.02. The van der Waals surface area contributed by atoms with Crippen molar-refractivity contribution >= 4 is 29.1 Å². The summed E-state index contributed by atoms with van der Waals surface area (Å²) in [4.78, 5) is 22.7. The zero-order chi connectivity index (χ0) is 14.3. The van der Waals surface area contributed by atoms with E-state index in [0.29, 0.717) is 6.61 Å². The number of ketones is 1. The summed E-state index contributed by atoms with van der Waals surface area (Å²) in [7, 11) is 0. The first-order valence-corrected chi connectivity index (χ1v) is 7.22. The molecule has 0 bridgehead atoms. The Balaban J connectivity index is 2.41. The van der Waals surface area contributed by atoms with Crippen LogP contribution in [0.15, 0.2) is 24.3 Å². The third-order valence-corrected chi connectivity index (χ3v) is 3.75. The summed E-state index contributed by atoms with van der Waals surface area (Å²) < 4.78 is 5.32. The second kappa shape index (κ2) is 7.84. The molecule has 1 atom stereocenters. The molecule has 0 fully saturated rings. The Hall–Kier alpha value is -1.49. The first-order chi connectivity index (χ1) is 9.02. The molecule has 1 rings (SSSR count). The highest BCUT2D eigenvalue weighted by Crippen LogP contribution is 2.16. The maximum atomic E-state index is 11.7. The number of carbonyl (C=O) groups is 2. The molecule has 0 spiro atoms. The highest BCUT2D eigenvalue weighted by atomic mass is 32.2. The van der Waals surface area contributed by atoms with Crippen molar-refractivity contribution in [2.75, 3.05) is 17.7 Å². The summed E-state index contributed by atoms with van der Waals surface area (Å²) in [6.07, 6.45) is 0. The fraction of sp³-hybridized carbons (Fsp3) is 0.429. The number of hydrogen-bond donors (Lipinski definition) is 1. The molecule has 0 heterocycles. The van der Waals surface area contributed by atoms with E-state index < -0.39 is 0 Å². The highest BCUT2D eigenvalue weighted by Gasteiger charge is 2.11. The van der Waals surface area contributed by atoms with Crippen molar-refractivity contribution < 1.29 is 14.3 Å². The molecule has 0 aromatic heterocycles. The quantitative estimate of drug-likeness (QED) is 0.835. The molecule has 0 aliphatic heterocycles. The summed E-state index contributed by atoms with van der Waals surface area (Å²) in [6.45, 7) is 5.87. The van der Waals surface area contributed by atoms with E-state index in [2.05, 4.69) is 5.32 Å². The smallest absolute Gasteiger partial charge is 0.234 e. The minimum atomic E-state index is -0.147. The van der Waals surface area contributed by atoms with E-state index in [1.54, 1.807) is 19.1 Å². The lowest BCUT2D eigenvalue weighted by Gasteiger charge is -2.09. The van der Waals surface area contributed by atoms with Gasteiger partial charge in [-0.15, -0.1) is 11.8 Å². The van der Waals surface area contributed by atoms with Crippen molar-refractivity contribution in [2.24, 2.45) is 0 Å². The second-order valence-electron chi connectivity index (χ2n) is 4.07. The Morgan fingerprint density at radius 3 is 2.47 bits per heavy atom. The topological polar surface area (TPSA) is 55.4 Å². The van der Waals surface area contributed by atoms with Crippen LogP contribution in [0.3, 0.4) is 0 Å². The van der Waals surface area contributed by atoms with Gasteiger partial charge in [0, 0.05) is 5.69 Å². The van der Waals surface area contributed by atoms with Gasteiger partial charge in [-0.05, 0) is 45.0 Å². The van der Waals surface area contributed by atoms with Crippen LogP contribution in [0.4, 0.5) is 5.69 Å². The Labute approximate surface area is 117 Å². The molecule has 4 nitrogen and oxygen atoms in total. The molecule has 1 aromatic carbocycles. The fourth-order valence-corrected chi connectivity index (χ4v) is 2.02. The molecule has 0 unspecified atom stereocenters. The van der Waals surface area contributed by atoms with Gasteiger partial charge in [-0.1, -0.05) is 0 Å². The predicted octanol–water partition coefficient (Wildman–Crippen LogP) is 2.73. The normalized spacial score (nSPS) is 11.7. The predicted molar refractivity (Wildman–Crippen MR) is 78.8 cm³/mol. The van der Waals surface area contributed by atoms with Crippen LogP contribution in [0.2, 0.25) is 0 Å². The number of Topliss-reactive ketones (excluding diaryl/α,β-unsaturated/α-hetero) is 1. The Kier molecular flexibility index (Phi) is 6.42. The first-order valence-electron chi connectivity index (χ1n) is 6.17. The summed E-state index contributed by atoms with van der Waals surface area (Å²) in [5.41, 5.74) is 0.726. The molecule has 1 aromatic rings. The first kappa shape index (κ1) is 15.6. The maximum Gasteiger partial charge on any atom is 0.234 e. The lowest BCUT2D eigenvalue weighted by atomic mass is 10.3. The molecular formula is C14H19NO3S. The highest BCUT2D eigenvalue weighted by molar-refractivity contribution is 8.01. The molecule has 0 saturated heterocycles. The minimum Gasteiger partial charge on any atom is -0.494 e. The van der Waals surface area contributed by atoms with E-state index in [9.17, 15) is 9.59 Å². The second-order valence-corrected chi connectivity index (χ2v) is 5.40. The van der Waals surface area contributed by atoms with Crippen LogP contribution in [0.1, 0.15) is 20.8 Å². The molecule has 104 valence electrons. The number of amides is 1. The molecule has 0 aliphatic carbocycles. The van der Waals surface area contributed by atoms with E-state index in [4.69, 9.17) is 4.74 Å². The van der Waals surface area contributed by atoms with Crippen LogP contribution in [0.5, 0.6) is 5.75 Å². The summed E-state index contributed by atoms with van der Waals surface area (Å²) in [6, 6.07) is 7.21. The van der Waals surface area contributed by atoms with Gasteiger partial charge in [0.05, 0.1) is 17.6 Å². The number of anilines is 1. The van der Waals surface area contributed by atoms with E-state index in [-0.39, 0.29) is 22.7 Å². The van der Waals surface area contributed by atoms with Crippen LogP contribution in [0, 0.1) is 0 Å².